The highest BCUT2D eigenvalue weighted by Gasteiger charge is 2.56. The molecule has 0 heterocycles. The van der Waals surface area contributed by atoms with E-state index in [0.29, 0.717) is 0 Å². The summed E-state index contributed by atoms with van der Waals surface area (Å²) in [5, 5.41) is 1.53. The molecule has 0 atom stereocenters. The first-order valence-corrected chi connectivity index (χ1v) is 11.3. The normalized spacial score (nSPS) is 14.0. The van der Waals surface area contributed by atoms with Crippen molar-refractivity contribution in [3.63, 3.8) is 0 Å². The molecule has 2 N–H and O–H groups in total. The fourth-order valence-electron chi connectivity index (χ4n) is 3.12. The van der Waals surface area contributed by atoms with Gasteiger partial charge >= 0.3 is 6.03 Å². The van der Waals surface area contributed by atoms with E-state index in [9.17, 15) is 27.6 Å². The minimum atomic E-state index is -5.14. The van der Waals surface area contributed by atoms with Crippen LogP contribution in [0.4, 0.5) is 10.5 Å². The Bertz CT molecular complexity index is 848. The maximum Gasteiger partial charge on any atom is 0.332 e. The Hall–Kier alpha value is -1.41. The molecule has 0 aliphatic carbocycles. The number of benzene rings is 1. The van der Waals surface area contributed by atoms with Gasteiger partial charge in [-0.1, -0.05) is 59.7 Å². The predicted octanol–water partition coefficient (Wildman–Crippen LogP) is 1.53. The molecule has 0 spiro atoms. The largest absolute Gasteiger partial charge is 0.807 e. The average molecular weight is 418 g/mol. The van der Waals surface area contributed by atoms with Crippen LogP contribution < -0.4 is 25.1 Å². The van der Waals surface area contributed by atoms with E-state index in [4.69, 9.17) is 0 Å². The van der Waals surface area contributed by atoms with Crippen LogP contribution in [0.2, 0.25) is 0 Å². The second-order valence-electron chi connectivity index (χ2n) is 8.61. The van der Waals surface area contributed by atoms with Gasteiger partial charge in [0, 0.05) is 5.30 Å². The molecule has 0 aliphatic rings. The van der Waals surface area contributed by atoms with E-state index in [1.807, 2.05) is 4.72 Å². The van der Waals surface area contributed by atoms with Crippen molar-refractivity contribution in [1.82, 2.24) is 4.72 Å². The number of carbonyl (C=O) groups excluding carboxylic acids is 1. The number of urea groups is 1. The van der Waals surface area contributed by atoms with Gasteiger partial charge in [-0.25, -0.2) is 17.9 Å². The van der Waals surface area contributed by atoms with Crippen molar-refractivity contribution in [3.05, 3.63) is 24.3 Å². The van der Waals surface area contributed by atoms with Gasteiger partial charge in [0.05, 0.1) is 10.4 Å². The van der Waals surface area contributed by atoms with Crippen LogP contribution in [0.3, 0.4) is 0 Å². The minimum Gasteiger partial charge on any atom is -0.807 e. The third-order valence-corrected chi connectivity index (χ3v) is 8.81. The quantitative estimate of drug-likeness (QED) is 0.711. The Labute approximate surface area is 161 Å². The standard InChI is InChI=1S/C17H29N2O6PS/c1-15(2,3)17(7,16(4,5)6)27(24,25)19-14(20)18-12-10-8-9-11-13(12)26(21,22)23/h8-11H,1-7H3,(H2,18,19,20)(H2,21,22,23)/p-2. The van der Waals surface area contributed by atoms with Crippen molar-refractivity contribution in [2.45, 2.75) is 53.2 Å². The smallest absolute Gasteiger partial charge is 0.332 e. The van der Waals surface area contributed by atoms with Crippen LogP contribution in [-0.2, 0) is 14.6 Å². The van der Waals surface area contributed by atoms with Gasteiger partial charge in [-0.05, 0) is 31.4 Å². The van der Waals surface area contributed by atoms with E-state index in [-0.39, 0.29) is 5.69 Å². The van der Waals surface area contributed by atoms with Gasteiger partial charge in [-0.2, -0.15) is 0 Å². The molecule has 0 aliphatic heterocycles. The molecule has 0 saturated carbocycles. The van der Waals surface area contributed by atoms with E-state index in [0.717, 1.165) is 6.07 Å². The van der Waals surface area contributed by atoms with Crippen molar-refractivity contribution < 1.29 is 27.6 Å². The fraction of sp³-hybridized carbons (Fsp3) is 0.588. The van der Waals surface area contributed by atoms with Gasteiger partial charge in [0.2, 0.25) is 10.0 Å². The zero-order valence-corrected chi connectivity index (χ0v) is 18.3. The predicted molar refractivity (Wildman–Crippen MR) is 102 cm³/mol. The highest BCUT2D eigenvalue weighted by atomic mass is 32.2. The monoisotopic (exact) mass is 418 g/mol. The number of anilines is 1. The van der Waals surface area contributed by atoms with E-state index >= 15 is 0 Å². The first-order valence-electron chi connectivity index (χ1n) is 8.29. The summed E-state index contributed by atoms with van der Waals surface area (Å²) in [6.45, 7) is 12.1. The highest BCUT2D eigenvalue weighted by Crippen LogP contribution is 2.48. The Morgan fingerprint density at radius 3 is 1.81 bits per heavy atom. The summed E-state index contributed by atoms with van der Waals surface area (Å²) >= 11 is 0. The van der Waals surface area contributed by atoms with Crippen LogP contribution in [0, 0.1) is 10.8 Å². The van der Waals surface area contributed by atoms with Crippen molar-refractivity contribution in [1.29, 1.82) is 0 Å². The summed E-state index contributed by atoms with van der Waals surface area (Å²) in [5.41, 5.74) is -1.74. The van der Waals surface area contributed by atoms with E-state index < -0.39 is 44.5 Å². The number of nitrogens with one attached hydrogen (secondary N) is 2. The Morgan fingerprint density at radius 2 is 1.41 bits per heavy atom. The number of hydrogen-bond donors (Lipinski definition) is 2. The molecule has 0 aromatic heterocycles. The summed E-state index contributed by atoms with van der Waals surface area (Å²) in [5.74, 6) is 0. The molecule has 1 aromatic rings. The number of hydrogen-bond acceptors (Lipinski definition) is 6. The first kappa shape index (κ1) is 23.6. The zero-order chi connectivity index (χ0) is 21.5. The summed E-state index contributed by atoms with van der Waals surface area (Å²) in [4.78, 5) is 35.0. The van der Waals surface area contributed by atoms with E-state index in [2.05, 4.69) is 5.32 Å². The van der Waals surface area contributed by atoms with Crippen molar-refractivity contribution >= 4 is 34.6 Å². The molecule has 0 saturated heterocycles. The molecule has 27 heavy (non-hydrogen) atoms. The van der Waals surface area contributed by atoms with Crippen LogP contribution in [-0.4, -0.2) is 19.2 Å². The molecule has 1 aromatic carbocycles. The van der Waals surface area contributed by atoms with Gasteiger partial charge in [0.25, 0.3) is 0 Å². The molecule has 0 bridgehead atoms. The minimum absolute atomic E-state index is 0.285. The maximum absolute atomic E-state index is 13.1. The third kappa shape index (κ3) is 4.71. The molecular formula is C17H27N2O6PS-2. The van der Waals surface area contributed by atoms with Crippen LogP contribution >= 0.6 is 7.60 Å². The lowest BCUT2D eigenvalue weighted by Gasteiger charge is -2.49. The van der Waals surface area contributed by atoms with Gasteiger partial charge in [0.1, 0.15) is 0 Å². The summed E-state index contributed by atoms with van der Waals surface area (Å²) in [6, 6.07) is 3.84. The molecule has 2 amide bonds. The third-order valence-electron chi connectivity index (χ3n) is 5.07. The lowest BCUT2D eigenvalue weighted by molar-refractivity contribution is -0.307. The SMILES string of the molecule is CC(C)(C)C(C)(C(C)(C)C)S(=O)(=O)NC(=O)Nc1ccccc1P(=O)([O-])[O-]. The summed E-state index contributed by atoms with van der Waals surface area (Å²) < 4.78 is 38.1. The van der Waals surface area contributed by atoms with E-state index in [1.54, 1.807) is 48.5 Å². The fourth-order valence-corrected chi connectivity index (χ4v) is 5.93. The lowest BCUT2D eigenvalue weighted by Crippen LogP contribution is -2.61. The van der Waals surface area contributed by atoms with Gasteiger partial charge in [0.15, 0.2) is 0 Å². The Kier molecular flexibility index (Phi) is 6.30. The zero-order valence-electron chi connectivity index (χ0n) is 16.6. The van der Waals surface area contributed by atoms with Crippen LogP contribution in [0.1, 0.15) is 48.5 Å². The maximum atomic E-state index is 13.1. The molecule has 0 fully saturated rings. The molecule has 154 valence electrons. The highest BCUT2D eigenvalue weighted by molar-refractivity contribution is 7.91. The van der Waals surface area contributed by atoms with Crippen LogP contribution in [0.5, 0.6) is 0 Å². The number of amides is 2. The lowest BCUT2D eigenvalue weighted by atomic mass is 9.67. The van der Waals surface area contributed by atoms with Crippen molar-refractivity contribution in [2.75, 3.05) is 5.32 Å². The van der Waals surface area contributed by atoms with Crippen molar-refractivity contribution in [2.24, 2.45) is 10.8 Å². The summed E-state index contributed by atoms with van der Waals surface area (Å²) in [7, 11) is -9.33. The van der Waals surface area contributed by atoms with Gasteiger partial charge < -0.3 is 19.7 Å². The van der Waals surface area contributed by atoms with Crippen LogP contribution in [0.15, 0.2) is 24.3 Å². The van der Waals surface area contributed by atoms with E-state index in [1.165, 1.54) is 18.2 Å². The van der Waals surface area contributed by atoms with Crippen molar-refractivity contribution in [3.8, 4) is 0 Å². The van der Waals surface area contributed by atoms with Gasteiger partial charge in [-0.15, -0.1) is 0 Å². The van der Waals surface area contributed by atoms with Gasteiger partial charge in [-0.3, -0.25) is 0 Å². The molecule has 0 unspecified atom stereocenters. The Morgan fingerprint density at radius 1 is 0.963 bits per heavy atom. The average Bonchev–Trinajstić information content (AvgIpc) is 2.42. The topological polar surface area (TPSA) is 138 Å². The number of sulfonamides is 1. The Balaban J connectivity index is 3.25. The molecule has 1 rings (SSSR count). The second kappa shape index (κ2) is 7.20. The number of para-hydroxylation sites is 1. The molecule has 10 heteroatoms. The molecular weight excluding hydrogens is 391 g/mol. The molecule has 8 nitrogen and oxygen atoms in total. The second-order valence-corrected chi connectivity index (χ2v) is 12.1. The van der Waals surface area contributed by atoms with Crippen LogP contribution in [0.25, 0.3) is 0 Å². The first-order chi connectivity index (χ1) is 11.8. The number of carbonyl (C=O) groups is 1. The molecule has 0 radical (unpaired) electrons. The number of rotatable bonds is 4. The summed E-state index contributed by atoms with van der Waals surface area (Å²) in [6.07, 6.45) is 0.